The molecule has 2 aliphatic carbocycles. The Balaban J connectivity index is 0.000000282. The number of nitrogens with two attached hydrogens (primary N) is 1. The maximum absolute atomic E-state index is 14.5. The molecule has 1 fully saturated rings. The molecule has 1 aromatic carbocycles. The van der Waals surface area contributed by atoms with E-state index in [0.717, 1.165) is 54.2 Å². The Bertz CT molecular complexity index is 1490. The van der Waals surface area contributed by atoms with Crippen LogP contribution in [0.5, 0.6) is 0 Å². The third-order valence-electron chi connectivity index (χ3n) is 8.07. The Morgan fingerprint density at radius 1 is 1.13 bits per heavy atom. The van der Waals surface area contributed by atoms with Crippen molar-refractivity contribution < 1.29 is 24.1 Å². The van der Waals surface area contributed by atoms with Gasteiger partial charge in [-0.05, 0) is 67.7 Å². The number of rotatable bonds is 1. The van der Waals surface area contributed by atoms with Gasteiger partial charge in [-0.15, -0.1) is 0 Å². The van der Waals surface area contributed by atoms with E-state index >= 15 is 0 Å². The predicted octanol–water partition coefficient (Wildman–Crippen LogP) is 3.19. The van der Waals surface area contributed by atoms with Gasteiger partial charge in [0.15, 0.2) is 6.10 Å². The number of hydrogen-bond donors (Lipinski definition) is 3. The second-order valence-electron chi connectivity index (χ2n) is 10.3. The number of ether oxygens (including phenoxy) is 1. The van der Waals surface area contributed by atoms with Crippen molar-refractivity contribution >= 4 is 16.9 Å². The monoisotopic (exact) mass is 523 g/mol. The lowest BCUT2D eigenvalue weighted by Crippen LogP contribution is -2.37. The van der Waals surface area contributed by atoms with Gasteiger partial charge in [-0.2, -0.15) is 0 Å². The van der Waals surface area contributed by atoms with Crippen molar-refractivity contribution in [1.29, 1.82) is 0 Å². The molecule has 4 N–H and O–H groups in total. The van der Waals surface area contributed by atoms with Crippen molar-refractivity contribution in [2.45, 2.75) is 78.2 Å². The number of aliphatic hydroxyl groups is 2. The van der Waals surface area contributed by atoms with Gasteiger partial charge in [0.05, 0.1) is 29.0 Å². The summed E-state index contributed by atoms with van der Waals surface area (Å²) < 4.78 is 21.1. The summed E-state index contributed by atoms with van der Waals surface area (Å²) in [5.74, 6) is -0.509. The number of fused-ring (bicyclic) bond motifs is 5. The molecule has 2 aromatic heterocycles. The molecule has 2 aliphatic heterocycles. The Morgan fingerprint density at radius 3 is 2.50 bits per heavy atom. The first-order valence-corrected chi connectivity index (χ1v) is 13.4. The van der Waals surface area contributed by atoms with Crippen LogP contribution in [0.2, 0.25) is 0 Å². The van der Waals surface area contributed by atoms with Crippen LogP contribution in [0.25, 0.3) is 22.3 Å². The van der Waals surface area contributed by atoms with Gasteiger partial charge in [0.2, 0.25) is 0 Å². The molecule has 1 saturated carbocycles. The zero-order valence-corrected chi connectivity index (χ0v) is 22.0. The van der Waals surface area contributed by atoms with Crippen LogP contribution in [0.15, 0.2) is 16.9 Å². The van der Waals surface area contributed by atoms with E-state index in [-0.39, 0.29) is 23.5 Å². The molecular weight excluding hydrogens is 489 g/mol. The summed E-state index contributed by atoms with van der Waals surface area (Å²) >= 11 is 0. The predicted molar refractivity (Wildman–Crippen MR) is 141 cm³/mol. The molecule has 4 aliphatic rings. The van der Waals surface area contributed by atoms with Crippen molar-refractivity contribution in [2.24, 2.45) is 11.7 Å². The lowest BCUT2D eigenvalue weighted by Gasteiger charge is -2.30. The number of cyclic esters (lactones) is 1. The second kappa shape index (κ2) is 10.2. The smallest absolute Gasteiger partial charge is 0.340 e. The van der Waals surface area contributed by atoms with Gasteiger partial charge in [-0.25, -0.2) is 14.2 Å². The Labute approximate surface area is 220 Å². The first-order chi connectivity index (χ1) is 18.3. The normalized spacial score (nSPS) is 22.1. The Hall–Kier alpha value is -3.14. The van der Waals surface area contributed by atoms with Crippen molar-refractivity contribution in [2.75, 3.05) is 6.61 Å². The minimum absolute atomic E-state index is 0.141. The van der Waals surface area contributed by atoms with Gasteiger partial charge in [-0.1, -0.05) is 13.8 Å². The van der Waals surface area contributed by atoms with Crippen LogP contribution in [-0.2, 0) is 35.5 Å². The van der Waals surface area contributed by atoms with E-state index < -0.39 is 12.1 Å². The fourth-order valence-corrected chi connectivity index (χ4v) is 6.00. The second-order valence-corrected chi connectivity index (χ2v) is 10.3. The number of carbonyl (C=O) groups excluding carboxylic acids is 1. The first kappa shape index (κ1) is 26.5. The van der Waals surface area contributed by atoms with E-state index in [1.54, 1.807) is 17.6 Å². The van der Waals surface area contributed by atoms with Crippen LogP contribution in [0.3, 0.4) is 0 Å². The average Bonchev–Trinajstić information content (AvgIpc) is 3.28. The number of benzene rings is 1. The third kappa shape index (κ3) is 4.13. The van der Waals surface area contributed by atoms with Crippen LogP contribution in [-0.4, -0.2) is 38.4 Å². The highest BCUT2D eigenvalue weighted by Crippen LogP contribution is 2.42. The molecule has 0 radical (unpaired) electrons. The highest BCUT2D eigenvalue weighted by molar-refractivity contribution is 5.92. The molecule has 0 saturated heterocycles. The van der Waals surface area contributed by atoms with Crippen LogP contribution >= 0.6 is 0 Å². The first-order valence-electron chi connectivity index (χ1n) is 13.4. The lowest BCUT2D eigenvalue weighted by molar-refractivity contribution is -0.157. The van der Waals surface area contributed by atoms with Crippen LogP contribution in [0, 0.1) is 18.7 Å². The van der Waals surface area contributed by atoms with E-state index in [0.29, 0.717) is 53.1 Å². The molecule has 38 heavy (non-hydrogen) atoms. The van der Waals surface area contributed by atoms with Crippen LogP contribution in [0.4, 0.5) is 4.39 Å². The largest absolute Gasteiger partial charge is 0.458 e. The molecule has 1 atom stereocenters. The molecule has 8 nitrogen and oxygen atoms in total. The Kier molecular flexibility index (Phi) is 7.11. The molecular formula is C29H34FN3O5. The Morgan fingerprint density at radius 2 is 1.84 bits per heavy atom. The van der Waals surface area contributed by atoms with E-state index in [4.69, 9.17) is 20.6 Å². The van der Waals surface area contributed by atoms with Gasteiger partial charge in [0.25, 0.3) is 5.56 Å². The third-order valence-corrected chi connectivity index (χ3v) is 8.07. The number of aromatic nitrogens is 2. The van der Waals surface area contributed by atoms with Crippen LogP contribution in [0.1, 0.15) is 72.6 Å². The van der Waals surface area contributed by atoms with E-state index in [1.807, 2.05) is 13.8 Å². The van der Waals surface area contributed by atoms with Crippen molar-refractivity contribution in [3.63, 3.8) is 0 Å². The minimum Gasteiger partial charge on any atom is -0.458 e. The SMILES string of the molecule is CC.Cc1c(F)cc2nc3c(c4c2c1CCC4)Cn1c-3cc2c(c1=O)COC(=O)C2O.NC1CC(CO)C1. The van der Waals surface area contributed by atoms with Gasteiger partial charge >= 0.3 is 5.97 Å². The van der Waals surface area contributed by atoms with Gasteiger partial charge < -0.3 is 25.3 Å². The highest BCUT2D eigenvalue weighted by Gasteiger charge is 2.35. The number of aryl methyl sites for hydroxylation is 2. The fraction of sp³-hybridized carbons (Fsp3) is 0.483. The topological polar surface area (TPSA) is 128 Å². The molecule has 1 unspecified atom stereocenters. The molecule has 0 bridgehead atoms. The summed E-state index contributed by atoms with van der Waals surface area (Å²) in [4.78, 5) is 29.6. The standard InChI is InChI=1S/C22H17FN2O4.C5H11NO.C2H6/c1-9-10-3-2-4-11-13-7-25-17(19(13)24-16(18(10)11)6-15(9)23)5-12-14(21(25)27)8-29-22(28)20(12)26;6-5-1-4(2-5)3-7;1-2/h5-6,20,26H,2-4,7-8H2,1H3;4-5,7H,1-3,6H2;1-2H3. The molecule has 0 amide bonds. The van der Waals surface area contributed by atoms with E-state index in [9.17, 15) is 19.1 Å². The number of pyridine rings is 2. The van der Waals surface area contributed by atoms with Gasteiger partial charge in [-0.3, -0.25) is 4.79 Å². The summed E-state index contributed by atoms with van der Waals surface area (Å²) in [5.41, 5.74) is 11.3. The van der Waals surface area contributed by atoms with Crippen molar-refractivity contribution in [3.8, 4) is 11.4 Å². The summed E-state index contributed by atoms with van der Waals surface area (Å²) in [6.45, 7) is 6.37. The number of esters is 1. The number of nitrogens with zero attached hydrogens (tertiary/aromatic N) is 2. The number of hydrogen-bond acceptors (Lipinski definition) is 7. The zero-order valence-electron chi connectivity index (χ0n) is 22.0. The quantitative estimate of drug-likeness (QED) is 0.327. The summed E-state index contributed by atoms with van der Waals surface area (Å²) in [6, 6.07) is 3.51. The molecule has 0 spiro atoms. The van der Waals surface area contributed by atoms with Crippen LogP contribution < -0.4 is 11.3 Å². The minimum atomic E-state index is -1.48. The highest BCUT2D eigenvalue weighted by atomic mass is 19.1. The summed E-state index contributed by atoms with van der Waals surface area (Å²) in [6.07, 6.45) is 3.16. The van der Waals surface area contributed by atoms with Gasteiger partial charge in [0.1, 0.15) is 12.4 Å². The molecule has 7 rings (SSSR count). The van der Waals surface area contributed by atoms with Gasteiger partial charge in [0, 0.05) is 35.2 Å². The number of halogens is 1. The van der Waals surface area contributed by atoms with E-state index in [1.165, 1.54) is 6.07 Å². The molecule has 202 valence electrons. The van der Waals surface area contributed by atoms with E-state index in [2.05, 4.69) is 0 Å². The number of aliphatic hydroxyl groups excluding tert-OH is 2. The molecule has 3 aromatic rings. The molecule has 4 heterocycles. The lowest BCUT2D eigenvalue weighted by atomic mass is 9.82. The fourth-order valence-electron chi connectivity index (χ4n) is 6.00. The van der Waals surface area contributed by atoms with Crippen molar-refractivity contribution in [1.82, 2.24) is 9.55 Å². The van der Waals surface area contributed by atoms with Crippen molar-refractivity contribution in [3.05, 3.63) is 61.7 Å². The summed E-state index contributed by atoms with van der Waals surface area (Å²) in [5, 5.41) is 19.7. The average molecular weight is 524 g/mol. The number of carbonyl (C=O) groups is 1. The maximum Gasteiger partial charge on any atom is 0.340 e. The summed E-state index contributed by atoms with van der Waals surface area (Å²) in [7, 11) is 0. The molecule has 9 heteroatoms. The zero-order chi connectivity index (χ0) is 27.3. The maximum atomic E-state index is 14.5.